The van der Waals surface area contributed by atoms with E-state index >= 15 is 0 Å². The van der Waals surface area contributed by atoms with Crippen molar-refractivity contribution in [2.75, 3.05) is 6.79 Å². The zero-order chi connectivity index (χ0) is 13.2. The minimum absolute atomic E-state index is 0.251. The molecule has 0 bridgehead atoms. The van der Waals surface area contributed by atoms with Crippen molar-refractivity contribution >= 4 is 0 Å². The Kier molecular flexibility index (Phi) is 2.97. The highest BCUT2D eigenvalue weighted by atomic mass is 16.7. The van der Waals surface area contributed by atoms with Crippen LogP contribution in [0.25, 0.3) is 0 Å². The average molecular weight is 258 g/mol. The topological polar surface area (TPSA) is 66.6 Å². The Hall–Kier alpha value is -2.27. The van der Waals surface area contributed by atoms with Crippen LogP contribution in [0.4, 0.5) is 0 Å². The predicted molar refractivity (Wildman–Crippen MR) is 69.5 cm³/mol. The number of nitrogens with two attached hydrogens (primary N) is 1. The van der Waals surface area contributed by atoms with Gasteiger partial charge in [0.2, 0.25) is 12.7 Å². The summed E-state index contributed by atoms with van der Waals surface area (Å²) in [5.41, 5.74) is 7.50. The van der Waals surface area contributed by atoms with Gasteiger partial charge in [-0.2, -0.15) is 0 Å². The second-order valence-electron chi connectivity index (χ2n) is 4.29. The first kappa shape index (κ1) is 11.8. The number of hydrogen-bond acceptors (Lipinski definition) is 5. The van der Waals surface area contributed by atoms with E-state index in [9.17, 15) is 0 Å². The van der Waals surface area contributed by atoms with E-state index < -0.39 is 0 Å². The van der Waals surface area contributed by atoms with Crippen LogP contribution in [0.5, 0.6) is 23.1 Å². The van der Waals surface area contributed by atoms with Crippen LogP contribution in [0.2, 0.25) is 0 Å². The van der Waals surface area contributed by atoms with Crippen LogP contribution in [0.15, 0.2) is 30.5 Å². The molecule has 1 aromatic carbocycles. The summed E-state index contributed by atoms with van der Waals surface area (Å²) >= 11 is 0. The highest BCUT2D eigenvalue weighted by Gasteiger charge is 2.14. The lowest BCUT2D eigenvalue weighted by Gasteiger charge is -2.09. The Bertz CT molecular complexity index is 614. The number of hydrogen-bond donors (Lipinski definition) is 1. The van der Waals surface area contributed by atoms with E-state index in [-0.39, 0.29) is 6.79 Å². The maximum Gasteiger partial charge on any atom is 0.231 e. The molecular formula is C14H14N2O3. The predicted octanol–water partition coefficient (Wildman–Crippen LogP) is 2.37. The van der Waals surface area contributed by atoms with Crippen LogP contribution in [0.3, 0.4) is 0 Å². The van der Waals surface area contributed by atoms with Gasteiger partial charge in [-0.3, -0.25) is 0 Å². The van der Waals surface area contributed by atoms with Gasteiger partial charge in [-0.1, -0.05) is 0 Å². The van der Waals surface area contributed by atoms with Gasteiger partial charge in [-0.05, 0) is 30.7 Å². The van der Waals surface area contributed by atoms with Crippen LogP contribution in [0.1, 0.15) is 11.1 Å². The molecule has 3 rings (SSSR count). The maximum absolute atomic E-state index is 5.75. The molecule has 0 aliphatic carbocycles. The molecule has 2 N–H and O–H groups in total. The number of aryl methyl sites for hydroxylation is 1. The minimum atomic E-state index is 0.251. The number of nitrogens with zero attached hydrogens (tertiary/aromatic N) is 1. The first-order chi connectivity index (χ1) is 9.26. The molecule has 5 nitrogen and oxygen atoms in total. The molecule has 0 fully saturated rings. The molecule has 1 aliphatic rings. The molecule has 1 aromatic heterocycles. The van der Waals surface area contributed by atoms with E-state index in [4.69, 9.17) is 19.9 Å². The zero-order valence-electron chi connectivity index (χ0n) is 10.6. The molecule has 0 atom stereocenters. The second-order valence-corrected chi connectivity index (χ2v) is 4.29. The maximum atomic E-state index is 5.75. The lowest BCUT2D eigenvalue weighted by atomic mass is 10.2. The summed E-state index contributed by atoms with van der Waals surface area (Å²) in [5.74, 6) is 2.65. The van der Waals surface area contributed by atoms with Gasteiger partial charge in [0.1, 0.15) is 5.75 Å². The van der Waals surface area contributed by atoms with Gasteiger partial charge in [-0.15, -0.1) is 0 Å². The molecule has 1 aliphatic heterocycles. The molecule has 0 amide bonds. The fourth-order valence-electron chi connectivity index (χ4n) is 1.89. The van der Waals surface area contributed by atoms with E-state index in [2.05, 4.69) is 4.98 Å². The highest BCUT2D eigenvalue weighted by molar-refractivity contribution is 5.48. The van der Waals surface area contributed by atoms with Gasteiger partial charge in [0.05, 0.1) is 0 Å². The largest absolute Gasteiger partial charge is 0.454 e. The Morgan fingerprint density at radius 2 is 2.11 bits per heavy atom. The molecule has 98 valence electrons. The molecular weight excluding hydrogens is 244 g/mol. The van der Waals surface area contributed by atoms with E-state index in [1.165, 1.54) is 0 Å². The summed E-state index contributed by atoms with van der Waals surface area (Å²) in [6.45, 7) is 2.66. The van der Waals surface area contributed by atoms with E-state index in [0.29, 0.717) is 23.9 Å². The summed E-state index contributed by atoms with van der Waals surface area (Å²) in [4.78, 5) is 4.26. The summed E-state index contributed by atoms with van der Waals surface area (Å²) in [6.07, 6.45) is 1.72. The zero-order valence-corrected chi connectivity index (χ0v) is 10.6. The molecule has 2 aromatic rings. The van der Waals surface area contributed by atoms with E-state index in [0.717, 1.165) is 16.9 Å². The highest BCUT2D eigenvalue weighted by Crippen LogP contribution is 2.36. The minimum Gasteiger partial charge on any atom is -0.454 e. The molecule has 0 saturated carbocycles. The van der Waals surface area contributed by atoms with Crippen molar-refractivity contribution < 1.29 is 14.2 Å². The quantitative estimate of drug-likeness (QED) is 0.915. The van der Waals surface area contributed by atoms with E-state index in [1.54, 1.807) is 12.3 Å². The normalized spacial score (nSPS) is 12.5. The number of pyridine rings is 1. The summed E-state index contributed by atoms with van der Waals surface area (Å²) in [7, 11) is 0. The Morgan fingerprint density at radius 3 is 2.89 bits per heavy atom. The van der Waals surface area contributed by atoms with Gasteiger partial charge in [0, 0.05) is 24.4 Å². The van der Waals surface area contributed by atoms with Gasteiger partial charge >= 0.3 is 0 Å². The first-order valence-electron chi connectivity index (χ1n) is 5.99. The monoisotopic (exact) mass is 258 g/mol. The van der Waals surface area contributed by atoms with Crippen LogP contribution in [0, 0.1) is 6.92 Å². The molecule has 0 radical (unpaired) electrons. The fraction of sp³-hybridized carbons (Fsp3) is 0.214. The first-order valence-corrected chi connectivity index (χ1v) is 5.99. The van der Waals surface area contributed by atoms with Crippen LogP contribution >= 0.6 is 0 Å². The molecule has 2 heterocycles. The number of aromatic nitrogens is 1. The van der Waals surface area contributed by atoms with Crippen molar-refractivity contribution in [2.24, 2.45) is 5.73 Å². The lowest BCUT2D eigenvalue weighted by molar-refractivity contribution is 0.174. The molecule has 0 unspecified atom stereocenters. The smallest absolute Gasteiger partial charge is 0.231 e. The van der Waals surface area contributed by atoms with Crippen LogP contribution < -0.4 is 19.9 Å². The van der Waals surface area contributed by atoms with Gasteiger partial charge in [-0.25, -0.2) is 4.98 Å². The Labute approximate surface area is 110 Å². The van der Waals surface area contributed by atoms with Crippen molar-refractivity contribution in [2.45, 2.75) is 13.5 Å². The van der Waals surface area contributed by atoms with Gasteiger partial charge < -0.3 is 19.9 Å². The average Bonchev–Trinajstić information content (AvgIpc) is 2.88. The van der Waals surface area contributed by atoms with Crippen LogP contribution in [-0.2, 0) is 6.54 Å². The Morgan fingerprint density at radius 1 is 1.26 bits per heavy atom. The fourth-order valence-corrected chi connectivity index (χ4v) is 1.89. The van der Waals surface area contributed by atoms with Crippen molar-refractivity contribution in [1.82, 2.24) is 4.98 Å². The van der Waals surface area contributed by atoms with Crippen molar-refractivity contribution in [1.29, 1.82) is 0 Å². The number of rotatable bonds is 3. The molecule has 0 spiro atoms. The Balaban J connectivity index is 1.85. The number of benzene rings is 1. The summed E-state index contributed by atoms with van der Waals surface area (Å²) in [5, 5.41) is 0. The second kappa shape index (κ2) is 4.78. The lowest BCUT2D eigenvalue weighted by Crippen LogP contribution is -1.99. The van der Waals surface area contributed by atoms with Crippen LogP contribution in [-0.4, -0.2) is 11.8 Å². The third kappa shape index (κ3) is 2.32. The molecule has 19 heavy (non-hydrogen) atoms. The van der Waals surface area contributed by atoms with Gasteiger partial charge in [0.25, 0.3) is 0 Å². The van der Waals surface area contributed by atoms with E-state index in [1.807, 2.05) is 25.1 Å². The van der Waals surface area contributed by atoms with Crippen molar-refractivity contribution in [3.05, 3.63) is 41.6 Å². The van der Waals surface area contributed by atoms with Gasteiger partial charge in [0.15, 0.2) is 11.5 Å². The van der Waals surface area contributed by atoms with Crippen molar-refractivity contribution in [3.63, 3.8) is 0 Å². The SMILES string of the molecule is Cc1cc(CN)cnc1Oc1ccc2c(c1)OCO2. The third-order valence-corrected chi connectivity index (χ3v) is 2.88. The van der Waals surface area contributed by atoms with Crippen molar-refractivity contribution in [3.8, 4) is 23.1 Å². The summed E-state index contributed by atoms with van der Waals surface area (Å²) in [6, 6.07) is 7.41. The summed E-state index contributed by atoms with van der Waals surface area (Å²) < 4.78 is 16.3. The number of fused-ring (bicyclic) bond motifs is 1. The number of ether oxygens (including phenoxy) is 3. The molecule has 0 saturated heterocycles. The molecule has 5 heteroatoms. The standard InChI is InChI=1S/C14H14N2O3/c1-9-4-10(6-15)7-16-14(9)19-11-2-3-12-13(5-11)18-8-17-12/h2-5,7H,6,8,15H2,1H3. The third-order valence-electron chi connectivity index (χ3n) is 2.88.